The predicted molar refractivity (Wildman–Crippen MR) is 132 cm³/mol. The first-order chi connectivity index (χ1) is 14.9. The Morgan fingerprint density at radius 3 is 1.58 bits per heavy atom. The summed E-state index contributed by atoms with van der Waals surface area (Å²) < 4.78 is 5.16. The summed E-state index contributed by atoms with van der Waals surface area (Å²) >= 11 is 0. The van der Waals surface area contributed by atoms with Crippen LogP contribution < -0.4 is 0 Å². The van der Waals surface area contributed by atoms with Gasteiger partial charge >= 0.3 is 5.97 Å². The second-order valence-electron chi connectivity index (χ2n) is 9.01. The van der Waals surface area contributed by atoms with Crippen LogP contribution in [0, 0.1) is 5.41 Å². The average molecular weight is 423 g/mol. The molecule has 2 nitrogen and oxygen atoms in total. The molecule has 0 spiro atoms. The fourth-order valence-corrected chi connectivity index (χ4v) is 5.30. The van der Waals surface area contributed by atoms with Crippen LogP contribution in [0.15, 0.2) is 48.5 Å². The van der Waals surface area contributed by atoms with Gasteiger partial charge in [0.2, 0.25) is 0 Å². The molecule has 31 heavy (non-hydrogen) atoms. The number of rotatable bonds is 11. The van der Waals surface area contributed by atoms with Crippen molar-refractivity contribution in [3.8, 4) is 0 Å². The van der Waals surface area contributed by atoms with Crippen molar-refractivity contribution in [3.05, 3.63) is 70.8 Å². The monoisotopic (exact) mass is 422 g/mol. The minimum atomic E-state index is -0.498. The van der Waals surface area contributed by atoms with Gasteiger partial charge in [-0.05, 0) is 79.0 Å². The Morgan fingerprint density at radius 2 is 1.23 bits per heavy atom. The molecule has 0 aliphatic rings. The van der Waals surface area contributed by atoms with Crippen molar-refractivity contribution in [2.45, 2.75) is 91.4 Å². The third-order valence-corrected chi connectivity index (χ3v) is 7.51. The first-order valence-corrected chi connectivity index (χ1v) is 12.2. The summed E-state index contributed by atoms with van der Waals surface area (Å²) in [6.45, 7) is 13.1. The fourth-order valence-electron chi connectivity index (χ4n) is 5.30. The van der Waals surface area contributed by atoms with Crippen LogP contribution in [0.2, 0.25) is 0 Å². The van der Waals surface area contributed by atoms with Gasteiger partial charge in [0.25, 0.3) is 0 Å². The van der Waals surface area contributed by atoms with Crippen LogP contribution in [0.3, 0.4) is 0 Å². The molecule has 170 valence electrons. The highest BCUT2D eigenvalue weighted by Gasteiger charge is 2.40. The number of benzene rings is 2. The molecule has 0 N–H and O–H groups in total. The van der Waals surface area contributed by atoms with Crippen LogP contribution in [0.5, 0.6) is 0 Å². The molecule has 0 heterocycles. The summed E-state index contributed by atoms with van der Waals surface area (Å²) in [6.07, 6.45) is 5.00. The number of aryl methyl sites for hydroxylation is 1. The normalized spacial score (nSPS) is 16.2. The van der Waals surface area contributed by atoms with Gasteiger partial charge in [-0.1, -0.05) is 83.1 Å². The van der Waals surface area contributed by atoms with E-state index in [0.717, 1.165) is 32.1 Å². The number of carbonyl (C=O) groups is 1. The van der Waals surface area contributed by atoms with Crippen molar-refractivity contribution in [2.75, 3.05) is 7.11 Å². The maximum Gasteiger partial charge on any atom is 0.312 e. The molecule has 0 aliphatic heterocycles. The Kier molecular flexibility index (Phi) is 9.34. The highest BCUT2D eigenvalue weighted by Crippen LogP contribution is 2.43. The van der Waals surface area contributed by atoms with E-state index < -0.39 is 5.41 Å². The molecule has 0 aliphatic carbocycles. The van der Waals surface area contributed by atoms with Crippen molar-refractivity contribution in [2.24, 2.45) is 5.41 Å². The lowest BCUT2D eigenvalue weighted by Gasteiger charge is -2.34. The lowest BCUT2D eigenvalue weighted by Crippen LogP contribution is -2.35. The van der Waals surface area contributed by atoms with E-state index in [9.17, 15) is 4.79 Å². The van der Waals surface area contributed by atoms with Gasteiger partial charge in [0.05, 0.1) is 12.5 Å². The molecule has 0 fully saturated rings. The number of carbonyl (C=O) groups excluding carboxylic acids is 1. The van der Waals surface area contributed by atoms with Crippen LogP contribution in [0.4, 0.5) is 0 Å². The van der Waals surface area contributed by atoms with Gasteiger partial charge in [-0.2, -0.15) is 0 Å². The Labute approximate surface area is 190 Å². The second kappa shape index (κ2) is 11.5. The summed E-state index contributed by atoms with van der Waals surface area (Å²) in [5.41, 5.74) is 4.96. The topological polar surface area (TPSA) is 26.3 Å². The van der Waals surface area contributed by atoms with Gasteiger partial charge in [0, 0.05) is 0 Å². The number of hydrogen-bond donors (Lipinski definition) is 0. The minimum Gasteiger partial charge on any atom is -0.469 e. The lowest BCUT2D eigenvalue weighted by atomic mass is 9.70. The largest absolute Gasteiger partial charge is 0.469 e. The third-order valence-electron chi connectivity index (χ3n) is 7.51. The zero-order valence-corrected chi connectivity index (χ0v) is 20.7. The first-order valence-electron chi connectivity index (χ1n) is 12.2. The molecule has 4 unspecified atom stereocenters. The Bertz CT molecular complexity index is 806. The van der Waals surface area contributed by atoms with E-state index in [1.165, 1.54) is 29.4 Å². The molecular weight excluding hydrogens is 380 g/mol. The summed E-state index contributed by atoms with van der Waals surface area (Å²) in [4.78, 5) is 12.6. The molecule has 0 radical (unpaired) electrons. The van der Waals surface area contributed by atoms with Gasteiger partial charge in [0.15, 0.2) is 0 Å². The zero-order chi connectivity index (χ0) is 23.0. The van der Waals surface area contributed by atoms with Crippen LogP contribution in [0.1, 0.15) is 107 Å². The van der Waals surface area contributed by atoms with E-state index in [0.29, 0.717) is 11.8 Å². The van der Waals surface area contributed by atoms with E-state index in [1.54, 1.807) is 0 Å². The van der Waals surface area contributed by atoms with E-state index in [-0.39, 0.29) is 11.9 Å². The first kappa shape index (κ1) is 25.2. The number of esters is 1. The predicted octanol–water partition coefficient (Wildman–Crippen LogP) is 8.02. The molecule has 2 rings (SSSR count). The fraction of sp³-hybridized carbons (Fsp3) is 0.552. The van der Waals surface area contributed by atoms with Gasteiger partial charge < -0.3 is 4.74 Å². The standard InChI is InChI=1S/C29H42O2/c1-8-21-13-15-22(16-14-21)25(9-2)26(10-3)23-17-19-24(20-18-23)27(11-4)29(6,12-5)28(30)31-7/h13-20,25-27H,8-12H2,1-7H3. The van der Waals surface area contributed by atoms with Crippen molar-refractivity contribution in [1.29, 1.82) is 0 Å². The van der Waals surface area contributed by atoms with Gasteiger partial charge in [-0.15, -0.1) is 0 Å². The van der Waals surface area contributed by atoms with Crippen LogP contribution >= 0.6 is 0 Å². The highest BCUT2D eigenvalue weighted by molar-refractivity contribution is 5.77. The maximum absolute atomic E-state index is 12.6. The van der Waals surface area contributed by atoms with Crippen LogP contribution in [-0.2, 0) is 16.0 Å². The molecule has 0 aromatic heterocycles. The minimum absolute atomic E-state index is 0.112. The molecule has 2 aromatic rings. The van der Waals surface area contributed by atoms with E-state index in [1.807, 2.05) is 6.92 Å². The Hall–Kier alpha value is -2.09. The molecule has 0 saturated carbocycles. The number of methoxy groups -OCH3 is 1. The molecule has 0 bridgehead atoms. The number of ether oxygens (including phenoxy) is 1. The van der Waals surface area contributed by atoms with Gasteiger partial charge in [-0.3, -0.25) is 4.79 Å². The SMILES string of the molecule is CCc1ccc(C(CC)C(CC)c2ccc(C(CC)C(C)(CC)C(=O)OC)cc2)cc1. The molecule has 0 amide bonds. The molecule has 0 saturated heterocycles. The highest BCUT2D eigenvalue weighted by atomic mass is 16.5. The maximum atomic E-state index is 12.6. The smallest absolute Gasteiger partial charge is 0.312 e. The van der Waals surface area contributed by atoms with Crippen molar-refractivity contribution in [3.63, 3.8) is 0 Å². The summed E-state index contributed by atoms with van der Waals surface area (Å²) in [7, 11) is 1.50. The average Bonchev–Trinajstić information content (AvgIpc) is 2.82. The summed E-state index contributed by atoms with van der Waals surface area (Å²) in [6, 6.07) is 18.3. The van der Waals surface area contributed by atoms with Crippen molar-refractivity contribution < 1.29 is 9.53 Å². The second-order valence-corrected chi connectivity index (χ2v) is 9.01. The van der Waals surface area contributed by atoms with E-state index >= 15 is 0 Å². The molecule has 2 aromatic carbocycles. The molecular formula is C29H42O2. The zero-order valence-electron chi connectivity index (χ0n) is 20.7. The molecule has 4 atom stereocenters. The van der Waals surface area contributed by atoms with Crippen LogP contribution in [-0.4, -0.2) is 13.1 Å². The van der Waals surface area contributed by atoms with Gasteiger partial charge in [-0.25, -0.2) is 0 Å². The Morgan fingerprint density at radius 1 is 0.774 bits per heavy atom. The van der Waals surface area contributed by atoms with Crippen molar-refractivity contribution >= 4 is 5.97 Å². The van der Waals surface area contributed by atoms with Crippen LogP contribution in [0.25, 0.3) is 0 Å². The Balaban J connectivity index is 2.34. The summed E-state index contributed by atoms with van der Waals surface area (Å²) in [5, 5.41) is 0. The number of hydrogen-bond acceptors (Lipinski definition) is 2. The van der Waals surface area contributed by atoms with Gasteiger partial charge in [0.1, 0.15) is 0 Å². The third kappa shape index (κ3) is 5.40. The molecule has 2 heteroatoms. The quantitative estimate of drug-likeness (QED) is 0.343. The lowest BCUT2D eigenvalue weighted by molar-refractivity contribution is -0.153. The summed E-state index contributed by atoms with van der Waals surface area (Å²) in [5.74, 6) is 1.05. The van der Waals surface area contributed by atoms with E-state index in [2.05, 4.69) is 83.1 Å². The van der Waals surface area contributed by atoms with Crippen molar-refractivity contribution in [1.82, 2.24) is 0 Å². The van der Waals surface area contributed by atoms with E-state index in [4.69, 9.17) is 4.74 Å².